The first kappa shape index (κ1) is 13.1. The number of thiophene rings is 1. The fourth-order valence-electron chi connectivity index (χ4n) is 1.62. The van der Waals surface area contributed by atoms with Crippen LogP contribution < -0.4 is 5.73 Å². The van der Waals surface area contributed by atoms with Crippen molar-refractivity contribution in [3.63, 3.8) is 0 Å². The van der Waals surface area contributed by atoms with Crippen LogP contribution in [0.15, 0.2) is 18.5 Å². The average molecular weight is 275 g/mol. The lowest BCUT2D eigenvalue weighted by Crippen LogP contribution is -2.04. The minimum absolute atomic E-state index is 0.332. The second-order valence-electron chi connectivity index (χ2n) is 3.92. The predicted octanol–water partition coefficient (Wildman–Crippen LogP) is 2.78. The van der Waals surface area contributed by atoms with Gasteiger partial charge in [0.05, 0.1) is 18.3 Å². The molecule has 0 saturated carbocycles. The number of aryl methyl sites for hydroxylation is 1. The Hall–Kier alpha value is -1.34. The van der Waals surface area contributed by atoms with Crippen molar-refractivity contribution >= 4 is 11.3 Å². The zero-order valence-corrected chi connectivity index (χ0v) is 10.5. The Labute approximate surface area is 106 Å². The maximum absolute atomic E-state index is 12.4. The molecular weight excluding hydrogens is 263 g/mol. The number of hydrogen-bond acceptors (Lipinski definition) is 3. The second-order valence-corrected chi connectivity index (χ2v) is 5.26. The molecule has 2 rings (SSSR count). The van der Waals surface area contributed by atoms with Crippen molar-refractivity contribution < 1.29 is 13.2 Å². The Morgan fingerprint density at radius 3 is 2.67 bits per heavy atom. The summed E-state index contributed by atoms with van der Waals surface area (Å²) < 4.78 is 38.5. The van der Waals surface area contributed by atoms with Gasteiger partial charge in [0.2, 0.25) is 0 Å². The normalized spacial score (nSPS) is 12.1. The monoisotopic (exact) mass is 275 g/mol. The second kappa shape index (κ2) is 4.74. The van der Waals surface area contributed by atoms with Gasteiger partial charge in [0.1, 0.15) is 0 Å². The highest BCUT2D eigenvalue weighted by molar-refractivity contribution is 7.12. The maximum atomic E-state index is 12.4. The SMILES string of the molecule is Cc1sc(CN)cc1Cn1cc(C(F)(F)F)cn1. The zero-order valence-electron chi connectivity index (χ0n) is 9.66. The lowest BCUT2D eigenvalue weighted by molar-refractivity contribution is -0.137. The van der Waals surface area contributed by atoms with Gasteiger partial charge in [-0.05, 0) is 18.6 Å². The lowest BCUT2D eigenvalue weighted by atomic mass is 10.2. The van der Waals surface area contributed by atoms with Crippen LogP contribution in [0.5, 0.6) is 0 Å². The summed E-state index contributed by atoms with van der Waals surface area (Å²) in [6, 6.07) is 1.91. The van der Waals surface area contributed by atoms with Crippen molar-refractivity contribution in [2.45, 2.75) is 26.2 Å². The predicted molar refractivity (Wildman–Crippen MR) is 63.3 cm³/mol. The van der Waals surface area contributed by atoms with Crippen molar-refractivity contribution in [2.75, 3.05) is 0 Å². The summed E-state index contributed by atoms with van der Waals surface area (Å²) >= 11 is 1.56. The van der Waals surface area contributed by atoms with E-state index in [4.69, 9.17) is 5.73 Å². The van der Waals surface area contributed by atoms with Crippen LogP contribution in [0.3, 0.4) is 0 Å². The lowest BCUT2D eigenvalue weighted by Gasteiger charge is -2.02. The van der Waals surface area contributed by atoms with E-state index in [0.717, 1.165) is 27.7 Å². The van der Waals surface area contributed by atoms with Gasteiger partial charge in [-0.25, -0.2) is 0 Å². The Bertz CT molecular complexity index is 542. The van der Waals surface area contributed by atoms with E-state index in [1.165, 1.54) is 4.68 Å². The van der Waals surface area contributed by atoms with E-state index in [9.17, 15) is 13.2 Å². The number of alkyl halides is 3. The van der Waals surface area contributed by atoms with Crippen molar-refractivity contribution in [1.29, 1.82) is 0 Å². The summed E-state index contributed by atoms with van der Waals surface area (Å²) in [6.07, 6.45) is -2.49. The van der Waals surface area contributed by atoms with Crippen LogP contribution in [0.1, 0.15) is 20.9 Å². The molecule has 0 atom stereocenters. The molecule has 0 radical (unpaired) electrons. The van der Waals surface area contributed by atoms with Crippen molar-refractivity contribution in [3.8, 4) is 0 Å². The molecule has 2 heterocycles. The molecule has 0 unspecified atom stereocenters. The van der Waals surface area contributed by atoms with Gasteiger partial charge in [0, 0.05) is 22.5 Å². The quantitative estimate of drug-likeness (QED) is 0.936. The van der Waals surface area contributed by atoms with Crippen LogP contribution in [0.2, 0.25) is 0 Å². The van der Waals surface area contributed by atoms with Gasteiger partial charge in [-0.2, -0.15) is 18.3 Å². The zero-order chi connectivity index (χ0) is 13.3. The number of nitrogens with zero attached hydrogens (tertiary/aromatic N) is 2. The number of rotatable bonds is 3. The molecule has 0 aliphatic carbocycles. The van der Waals surface area contributed by atoms with E-state index < -0.39 is 11.7 Å². The minimum atomic E-state index is -4.34. The van der Waals surface area contributed by atoms with Crippen LogP contribution in [0, 0.1) is 6.92 Å². The molecule has 0 amide bonds. The van der Waals surface area contributed by atoms with Crippen molar-refractivity contribution in [1.82, 2.24) is 9.78 Å². The molecular formula is C11H12F3N3S. The fourth-order valence-corrected chi connectivity index (χ4v) is 2.55. The number of aromatic nitrogens is 2. The highest BCUT2D eigenvalue weighted by Gasteiger charge is 2.32. The van der Waals surface area contributed by atoms with Gasteiger partial charge in [-0.15, -0.1) is 11.3 Å². The Morgan fingerprint density at radius 1 is 1.44 bits per heavy atom. The fraction of sp³-hybridized carbons (Fsp3) is 0.364. The molecule has 2 N–H and O–H groups in total. The average Bonchev–Trinajstić information content (AvgIpc) is 2.86. The van der Waals surface area contributed by atoms with E-state index >= 15 is 0 Å². The van der Waals surface area contributed by atoms with Gasteiger partial charge < -0.3 is 5.73 Å². The highest BCUT2D eigenvalue weighted by atomic mass is 32.1. The topological polar surface area (TPSA) is 43.8 Å². The number of halogens is 3. The third-order valence-electron chi connectivity index (χ3n) is 2.57. The third-order valence-corrected chi connectivity index (χ3v) is 3.68. The molecule has 3 nitrogen and oxygen atoms in total. The molecule has 98 valence electrons. The first-order valence-electron chi connectivity index (χ1n) is 5.28. The van der Waals surface area contributed by atoms with Crippen LogP contribution >= 0.6 is 11.3 Å². The Kier molecular flexibility index (Phi) is 3.45. The molecule has 0 aliphatic heterocycles. The molecule has 0 fully saturated rings. The molecule has 2 aromatic rings. The molecule has 0 saturated heterocycles. The number of nitrogens with two attached hydrogens (primary N) is 1. The summed E-state index contributed by atoms with van der Waals surface area (Å²) in [5.41, 5.74) is 5.75. The standard InChI is InChI=1S/C11H12F3N3S/c1-7-8(2-10(3-15)18-7)5-17-6-9(4-16-17)11(12,13)14/h2,4,6H,3,5,15H2,1H3. The van der Waals surface area contributed by atoms with Crippen LogP contribution in [0.4, 0.5) is 13.2 Å². The molecule has 0 spiro atoms. The molecule has 7 heteroatoms. The molecule has 0 aliphatic rings. The first-order chi connectivity index (χ1) is 8.40. The van der Waals surface area contributed by atoms with Gasteiger partial charge in [0.25, 0.3) is 0 Å². The van der Waals surface area contributed by atoms with Gasteiger partial charge in [-0.3, -0.25) is 4.68 Å². The first-order valence-corrected chi connectivity index (χ1v) is 6.09. The summed E-state index contributed by atoms with van der Waals surface area (Å²) in [5, 5.41) is 3.72. The Morgan fingerprint density at radius 2 is 2.17 bits per heavy atom. The van der Waals surface area contributed by atoms with E-state index in [-0.39, 0.29) is 0 Å². The smallest absolute Gasteiger partial charge is 0.326 e. The van der Waals surface area contributed by atoms with Crippen molar-refractivity contribution in [3.05, 3.63) is 39.3 Å². The largest absolute Gasteiger partial charge is 0.419 e. The van der Waals surface area contributed by atoms with E-state index in [1.54, 1.807) is 11.3 Å². The Balaban J connectivity index is 2.18. The van der Waals surface area contributed by atoms with Crippen LogP contribution in [-0.4, -0.2) is 9.78 Å². The third kappa shape index (κ3) is 2.73. The van der Waals surface area contributed by atoms with E-state index in [0.29, 0.717) is 13.1 Å². The summed E-state index contributed by atoms with van der Waals surface area (Å²) in [4.78, 5) is 2.07. The van der Waals surface area contributed by atoms with Crippen LogP contribution in [0.25, 0.3) is 0 Å². The molecule has 18 heavy (non-hydrogen) atoms. The summed E-state index contributed by atoms with van der Waals surface area (Å²) in [7, 11) is 0. The number of hydrogen-bond donors (Lipinski definition) is 1. The molecule has 0 bridgehead atoms. The van der Waals surface area contributed by atoms with E-state index in [2.05, 4.69) is 5.10 Å². The van der Waals surface area contributed by atoms with Gasteiger partial charge in [0.15, 0.2) is 0 Å². The van der Waals surface area contributed by atoms with E-state index in [1.807, 2.05) is 13.0 Å². The maximum Gasteiger partial charge on any atom is 0.419 e. The molecule has 0 aromatic carbocycles. The highest BCUT2D eigenvalue weighted by Crippen LogP contribution is 2.29. The minimum Gasteiger partial charge on any atom is -0.326 e. The summed E-state index contributed by atoms with van der Waals surface area (Å²) in [6.45, 7) is 2.70. The van der Waals surface area contributed by atoms with Gasteiger partial charge >= 0.3 is 6.18 Å². The van der Waals surface area contributed by atoms with Crippen LogP contribution in [-0.2, 0) is 19.3 Å². The summed E-state index contributed by atoms with van der Waals surface area (Å²) in [5.74, 6) is 0. The molecule has 2 aromatic heterocycles. The van der Waals surface area contributed by atoms with Crippen molar-refractivity contribution in [2.24, 2.45) is 5.73 Å². The van der Waals surface area contributed by atoms with Gasteiger partial charge in [-0.1, -0.05) is 0 Å².